The average molecular weight is 436 g/mol. The maximum Gasteiger partial charge on any atom is 0.408 e. The van der Waals surface area contributed by atoms with Crippen LogP contribution in [0.3, 0.4) is 0 Å². The highest BCUT2D eigenvalue weighted by molar-refractivity contribution is 5.90. The first-order valence-electron chi connectivity index (χ1n) is 10.8. The van der Waals surface area contributed by atoms with Gasteiger partial charge in [-0.1, -0.05) is 32.4 Å². The Hall–Kier alpha value is -2.77. The Kier molecular flexibility index (Phi) is 10.3. The van der Waals surface area contributed by atoms with Crippen LogP contribution in [0.25, 0.3) is 0 Å². The van der Waals surface area contributed by atoms with E-state index < -0.39 is 23.6 Å². The second-order valence-corrected chi connectivity index (χ2v) is 8.55. The number of ether oxygens (including phenoxy) is 1. The number of amides is 3. The molecule has 1 rings (SSSR count). The summed E-state index contributed by atoms with van der Waals surface area (Å²) in [5, 5.41) is 15.0. The molecule has 8 heteroatoms. The van der Waals surface area contributed by atoms with Gasteiger partial charge in [-0.2, -0.15) is 0 Å². The van der Waals surface area contributed by atoms with Crippen LogP contribution in [0.5, 0.6) is 5.75 Å². The lowest BCUT2D eigenvalue weighted by Crippen LogP contribution is -2.51. The highest BCUT2D eigenvalue weighted by Gasteiger charge is 2.34. The van der Waals surface area contributed by atoms with E-state index in [4.69, 9.17) is 4.74 Å². The van der Waals surface area contributed by atoms with Crippen molar-refractivity contribution in [2.45, 2.75) is 78.5 Å². The summed E-state index contributed by atoms with van der Waals surface area (Å²) in [5.74, 6) is -0.629. The zero-order chi connectivity index (χ0) is 23.6. The normalized spacial score (nSPS) is 13.1. The molecule has 1 aromatic carbocycles. The molecule has 0 aliphatic carbocycles. The van der Waals surface area contributed by atoms with Crippen molar-refractivity contribution in [3.05, 3.63) is 29.8 Å². The van der Waals surface area contributed by atoms with Crippen molar-refractivity contribution < 1.29 is 24.2 Å². The SMILES string of the molecule is CCCCNC(=O)C(c1ccc(O)cc1)N(C(=O)CNC(=O)OC(C)(C)C)C(C)CC. The standard InChI is InChI=1S/C23H37N3O5/c1-7-9-14-24-21(29)20(17-10-12-18(27)13-11-17)26(16(3)8-2)19(28)15-25-22(30)31-23(4,5)6/h10-13,16,20,27H,7-9,14-15H2,1-6H3,(H,24,29)(H,25,30). The molecule has 2 unspecified atom stereocenters. The topological polar surface area (TPSA) is 108 Å². The van der Waals surface area contributed by atoms with Gasteiger partial charge in [-0.05, 0) is 58.2 Å². The molecule has 0 bridgehead atoms. The van der Waals surface area contributed by atoms with Crippen molar-refractivity contribution in [2.75, 3.05) is 13.1 Å². The second kappa shape index (κ2) is 12.2. The van der Waals surface area contributed by atoms with Gasteiger partial charge in [0.25, 0.3) is 0 Å². The summed E-state index contributed by atoms with van der Waals surface area (Å²) in [7, 11) is 0. The molecule has 0 radical (unpaired) electrons. The number of unbranched alkanes of at least 4 members (excludes halogenated alkanes) is 1. The molecule has 0 heterocycles. The second-order valence-electron chi connectivity index (χ2n) is 8.55. The van der Waals surface area contributed by atoms with Gasteiger partial charge in [-0.25, -0.2) is 4.79 Å². The Morgan fingerprint density at radius 2 is 1.71 bits per heavy atom. The molecule has 0 aliphatic heterocycles. The molecule has 3 amide bonds. The number of rotatable bonds is 10. The number of carbonyl (C=O) groups excluding carboxylic acids is 3. The van der Waals surface area contributed by atoms with Gasteiger partial charge < -0.3 is 25.4 Å². The van der Waals surface area contributed by atoms with Gasteiger partial charge in [0.05, 0.1) is 0 Å². The number of phenolic OH excluding ortho intramolecular Hbond substituents is 1. The van der Waals surface area contributed by atoms with E-state index in [1.807, 2.05) is 20.8 Å². The van der Waals surface area contributed by atoms with E-state index in [2.05, 4.69) is 10.6 Å². The summed E-state index contributed by atoms with van der Waals surface area (Å²) in [4.78, 5) is 39.8. The first-order chi connectivity index (χ1) is 14.5. The fourth-order valence-corrected chi connectivity index (χ4v) is 2.97. The Labute approximate surface area is 185 Å². The van der Waals surface area contributed by atoms with E-state index in [1.165, 1.54) is 17.0 Å². The molecule has 31 heavy (non-hydrogen) atoms. The number of carbonyl (C=O) groups is 3. The van der Waals surface area contributed by atoms with Crippen molar-refractivity contribution in [3.63, 3.8) is 0 Å². The van der Waals surface area contributed by atoms with Gasteiger partial charge in [-0.3, -0.25) is 9.59 Å². The molecule has 3 N–H and O–H groups in total. The highest BCUT2D eigenvalue weighted by Crippen LogP contribution is 2.26. The monoisotopic (exact) mass is 435 g/mol. The summed E-state index contributed by atoms with van der Waals surface area (Å²) in [6, 6.07) is 5.08. The van der Waals surface area contributed by atoms with Crippen molar-refractivity contribution in [3.8, 4) is 5.75 Å². The number of benzene rings is 1. The number of nitrogens with zero attached hydrogens (tertiary/aromatic N) is 1. The summed E-state index contributed by atoms with van der Waals surface area (Å²) < 4.78 is 5.20. The number of hydrogen-bond acceptors (Lipinski definition) is 5. The Balaban J connectivity index is 3.15. The van der Waals surface area contributed by atoms with Crippen LogP contribution in [0, 0.1) is 0 Å². The molecular formula is C23H37N3O5. The molecule has 0 aromatic heterocycles. The Bertz CT molecular complexity index is 728. The fraction of sp³-hybridized carbons (Fsp3) is 0.609. The number of phenols is 1. The first kappa shape index (κ1) is 26.3. The molecule has 2 atom stereocenters. The summed E-state index contributed by atoms with van der Waals surface area (Å²) in [6.45, 7) is 11.2. The number of alkyl carbamates (subject to hydrolysis) is 1. The highest BCUT2D eigenvalue weighted by atomic mass is 16.6. The number of hydrogen-bond donors (Lipinski definition) is 3. The minimum atomic E-state index is -0.889. The van der Waals surface area contributed by atoms with Crippen molar-refractivity contribution in [1.82, 2.24) is 15.5 Å². The lowest BCUT2D eigenvalue weighted by molar-refractivity contribution is -0.142. The molecule has 0 saturated heterocycles. The Morgan fingerprint density at radius 3 is 2.23 bits per heavy atom. The third kappa shape index (κ3) is 8.86. The maximum absolute atomic E-state index is 13.2. The van der Waals surface area contributed by atoms with Crippen LogP contribution in [0.15, 0.2) is 24.3 Å². The van der Waals surface area contributed by atoms with E-state index in [0.717, 1.165) is 12.8 Å². The van der Waals surface area contributed by atoms with Gasteiger partial charge in [0.2, 0.25) is 11.8 Å². The molecule has 174 valence electrons. The quantitative estimate of drug-likeness (QED) is 0.488. The van der Waals surface area contributed by atoms with Gasteiger partial charge in [0.1, 0.15) is 23.9 Å². The van der Waals surface area contributed by atoms with Gasteiger partial charge in [0.15, 0.2) is 0 Å². The fourth-order valence-electron chi connectivity index (χ4n) is 2.97. The zero-order valence-corrected chi connectivity index (χ0v) is 19.5. The molecule has 0 saturated carbocycles. The minimum absolute atomic E-state index is 0.0712. The number of nitrogens with one attached hydrogen (secondary N) is 2. The molecule has 0 fully saturated rings. The summed E-state index contributed by atoms with van der Waals surface area (Å²) in [6.07, 6.45) is 1.68. The number of aromatic hydroxyl groups is 1. The molecule has 8 nitrogen and oxygen atoms in total. The maximum atomic E-state index is 13.2. The van der Waals surface area contributed by atoms with E-state index in [-0.39, 0.29) is 24.2 Å². The molecule has 1 aromatic rings. The summed E-state index contributed by atoms with van der Waals surface area (Å²) in [5.41, 5.74) is -0.102. The lowest BCUT2D eigenvalue weighted by Gasteiger charge is -2.36. The van der Waals surface area contributed by atoms with Gasteiger partial charge in [-0.15, -0.1) is 0 Å². The lowest BCUT2D eigenvalue weighted by atomic mass is 10.0. The van der Waals surface area contributed by atoms with Gasteiger partial charge in [0, 0.05) is 12.6 Å². The van der Waals surface area contributed by atoms with Crippen LogP contribution < -0.4 is 10.6 Å². The van der Waals surface area contributed by atoms with Crippen LogP contribution in [-0.2, 0) is 14.3 Å². The smallest absolute Gasteiger partial charge is 0.408 e. The third-order valence-electron chi connectivity index (χ3n) is 4.70. The Morgan fingerprint density at radius 1 is 1.10 bits per heavy atom. The van der Waals surface area contributed by atoms with Gasteiger partial charge >= 0.3 is 6.09 Å². The van der Waals surface area contributed by atoms with E-state index in [9.17, 15) is 19.5 Å². The first-order valence-corrected chi connectivity index (χ1v) is 10.8. The molecule has 0 spiro atoms. The minimum Gasteiger partial charge on any atom is -0.508 e. The predicted octanol–water partition coefficient (Wildman–Crippen LogP) is 3.50. The van der Waals surface area contributed by atoms with Crippen LogP contribution in [0.1, 0.15) is 72.4 Å². The van der Waals surface area contributed by atoms with Crippen LogP contribution in [0.4, 0.5) is 4.79 Å². The van der Waals surface area contributed by atoms with Crippen molar-refractivity contribution in [1.29, 1.82) is 0 Å². The van der Waals surface area contributed by atoms with E-state index in [1.54, 1.807) is 32.9 Å². The van der Waals surface area contributed by atoms with E-state index in [0.29, 0.717) is 18.5 Å². The van der Waals surface area contributed by atoms with Crippen molar-refractivity contribution >= 4 is 17.9 Å². The van der Waals surface area contributed by atoms with Crippen LogP contribution in [-0.4, -0.2) is 52.6 Å². The van der Waals surface area contributed by atoms with E-state index >= 15 is 0 Å². The van der Waals surface area contributed by atoms with Crippen molar-refractivity contribution in [2.24, 2.45) is 0 Å². The zero-order valence-electron chi connectivity index (χ0n) is 19.5. The predicted molar refractivity (Wildman–Crippen MR) is 120 cm³/mol. The largest absolute Gasteiger partial charge is 0.508 e. The molecular weight excluding hydrogens is 398 g/mol. The summed E-state index contributed by atoms with van der Waals surface area (Å²) >= 11 is 0. The van der Waals surface area contributed by atoms with Crippen LogP contribution >= 0.6 is 0 Å². The van der Waals surface area contributed by atoms with Crippen LogP contribution in [0.2, 0.25) is 0 Å². The average Bonchev–Trinajstić information content (AvgIpc) is 2.69. The molecule has 0 aliphatic rings. The third-order valence-corrected chi connectivity index (χ3v) is 4.70.